The molecule has 0 saturated carbocycles. The third kappa shape index (κ3) is 3.71. The quantitative estimate of drug-likeness (QED) is 0.907. The van der Waals surface area contributed by atoms with Crippen LogP contribution in [0.15, 0.2) is 24.3 Å². The fourth-order valence-corrected chi connectivity index (χ4v) is 2.98. The van der Waals surface area contributed by atoms with Gasteiger partial charge in [-0.05, 0) is 43.9 Å². The molecule has 0 bridgehead atoms. The molecule has 1 aromatic carbocycles. The Morgan fingerprint density at radius 2 is 2.00 bits per heavy atom. The van der Waals surface area contributed by atoms with Crippen LogP contribution in [-0.4, -0.2) is 30.6 Å². The highest BCUT2D eigenvalue weighted by Crippen LogP contribution is 2.27. The Labute approximate surface area is 116 Å². The van der Waals surface area contributed by atoms with E-state index in [0.717, 1.165) is 25.3 Å². The van der Waals surface area contributed by atoms with Crippen molar-refractivity contribution in [3.05, 3.63) is 29.8 Å². The van der Waals surface area contributed by atoms with Gasteiger partial charge in [-0.3, -0.25) is 4.90 Å². The van der Waals surface area contributed by atoms with Gasteiger partial charge in [0, 0.05) is 25.2 Å². The molecule has 19 heavy (non-hydrogen) atoms. The number of piperidine rings is 1. The van der Waals surface area contributed by atoms with Crippen LogP contribution in [0.2, 0.25) is 0 Å². The molecule has 2 N–H and O–H groups in total. The lowest BCUT2D eigenvalue weighted by molar-refractivity contribution is 0.124. The van der Waals surface area contributed by atoms with Crippen LogP contribution < -0.4 is 10.5 Å². The first kappa shape index (κ1) is 14.4. The number of hydrogen-bond acceptors (Lipinski definition) is 3. The van der Waals surface area contributed by atoms with Gasteiger partial charge < -0.3 is 10.5 Å². The van der Waals surface area contributed by atoms with E-state index in [9.17, 15) is 0 Å². The average molecular weight is 262 g/mol. The standard InChI is InChI=1S/C16H26N2O/c1-4-19-16-7-5-14(6-8-16)13(3)18-10-12(2)9-15(17)11-18/h5-8,12-13,15H,4,9-11,17H2,1-3H3. The summed E-state index contributed by atoms with van der Waals surface area (Å²) in [6, 6.07) is 9.19. The molecule has 1 saturated heterocycles. The van der Waals surface area contributed by atoms with E-state index in [1.807, 2.05) is 6.92 Å². The van der Waals surface area contributed by atoms with Crippen molar-refractivity contribution in [3.8, 4) is 5.75 Å². The Kier molecular flexibility index (Phi) is 4.83. The monoisotopic (exact) mass is 262 g/mol. The predicted molar refractivity (Wildman–Crippen MR) is 79.4 cm³/mol. The second kappa shape index (κ2) is 6.40. The molecule has 0 aliphatic carbocycles. The second-order valence-corrected chi connectivity index (χ2v) is 5.73. The van der Waals surface area contributed by atoms with Crippen LogP contribution in [0.4, 0.5) is 0 Å². The van der Waals surface area contributed by atoms with Crippen LogP contribution in [0.5, 0.6) is 5.75 Å². The number of hydrogen-bond donors (Lipinski definition) is 1. The van der Waals surface area contributed by atoms with E-state index >= 15 is 0 Å². The Morgan fingerprint density at radius 3 is 2.58 bits per heavy atom. The van der Waals surface area contributed by atoms with E-state index in [-0.39, 0.29) is 0 Å². The zero-order valence-corrected chi connectivity index (χ0v) is 12.3. The molecule has 1 heterocycles. The molecule has 0 aromatic heterocycles. The number of benzene rings is 1. The molecule has 3 atom stereocenters. The summed E-state index contributed by atoms with van der Waals surface area (Å²) in [5, 5.41) is 0. The van der Waals surface area contributed by atoms with Gasteiger partial charge in [0.05, 0.1) is 6.61 Å². The van der Waals surface area contributed by atoms with Crippen molar-refractivity contribution >= 4 is 0 Å². The first-order valence-electron chi connectivity index (χ1n) is 7.32. The third-order valence-electron chi connectivity index (χ3n) is 3.94. The Balaban J connectivity index is 2.03. The van der Waals surface area contributed by atoms with Crippen LogP contribution in [0, 0.1) is 5.92 Å². The van der Waals surface area contributed by atoms with Gasteiger partial charge >= 0.3 is 0 Å². The summed E-state index contributed by atoms with van der Waals surface area (Å²) in [5.41, 5.74) is 7.47. The lowest BCUT2D eigenvalue weighted by Crippen LogP contribution is -2.47. The van der Waals surface area contributed by atoms with Gasteiger partial charge in [-0.25, -0.2) is 0 Å². The largest absolute Gasteiger partial charge is 0.494 e. The van der Waals surface area contributed by atoms with Crippen molar-refractivity contribution in [3.63, 3.8) is 0 Å². The van der Waals surface area contributed by atoms with Crippen LogP contribution in [-0.2, 0) is 0 Å². The van der Waals surface area contributed by atoms with Crippen molar-refractivity contribution in [1.82, 2.24) is 4.90 Å². The molecule has 1 aromatic rings. The summed E-state index contributed by atoms with van der Waals surface area (Å²) in [7, 11) is 0. The van der Waals surface area contributed by atoms with Crippen LogP contribution >= 0.6 is 0 Å². The molecular formula is C16H26N2O. The summed E-state index contributed by atoms with van der Waals surface area (Å²) < 4.78 is 5.49. The minimum Gasteiger partial charge on any atom is -0.494 e. The smallest absolute Gasteiger partial charge is 0.119 e. The van der Waals surface area contributed by atoms with E-state index in [1.165, 1.54) is 5.56 Å². The number of ether oxygens (including phenoxy) is 1. The van der Waals surface area contributed by atoms with Gasteiger partial charge in [-0.1, -0.05) is 19.1 Å². The fourth-order valence-electron chi connectivity index (χ4n) is 2.98. The van der Waals surface area contributed by atoms with Gasteiger partial charge in [0.2, 0.25) is 0 Å². The van der Waals surface area contributed by atoms with Crippen molar-refractivity contribution in [2.75, 3.05) is 19.7 Å². The van der Waals surface area contributed by atoms with E-state index < -0.39 is 0 Å². The second-order valence-electron chi connectivity index (χ2n) is 5.73. The highest BCUT2D eigenvalue weighted by molar-refractivity contribution is 5.29. The SMILES string of the molecule is CCOc1ccc(C(C)N2CC(C)CC(N)C2)cc1. The summed E-state index contributed by atoms with van der Waals surface area (Å²) in [6.07, 6.45) is 1.15. The first-order chi connectivity index (χ1) is 9.10. The van der Waals surface area contributed by atoms with Gasteiger partial charge in [0.1, 0.15) is 5.75 Å². The third-order valence-corrected chi connectivity index (χ3v) is 3.94. The normalized spacial score (nSPS) is 26.1. The molecule has 106 valence electrons. The first-order valence-corrected chi connectivity index (χ1v) is 7.32. The summed E-state index contributed by atoms with van der Waals surface area (Å²) in [5.74, 6) is 1.64. The highest BCUT2D eigenvalue weighted by atomic mass is 16.5. The lowest BCUT2D eigenvalue weighted by atomic mass is 9.94. The Morgan fingerprint density at radius 1 is 1.32 bits per heavy atom. The van der Waals surface area contributed by atoms with Crippen LogP contribution in [0.25, 0.3) is 0 Å². The van der Waals surface area contributed by atoms with E-state index in [4.69, 9.17) is 10.5 Å². The highest BCUT2D eigenvalue weighted by Gasteiger charge is 2.26. The van der Waals surface area contributed by atoms with E-state index in [2.05, 4.69) is 43.0 Å². The minimum atomic E-state index is 0.314. The van der Waals surface area contributed by atoms with Gasteiger partial charge in [-0.2, -0.15) is 0 Å². The predicted octanol–water partition coefficient (Wildman–Crippen LogP) is 2.82. The van der Waals surface area contributed by atoms with E-state index in [1.54, 1.807) is 0 Å². The lowest BCUT2D eigenvalue weighted by Gasteiger charge is -2.38. The number of nitrogens with zero attached hydrogens (tertiary/aromatic N) is 1. The van der Waals surface area contributed by atoms with Crippen molar-refractivity contribution in [1.29, 1.82) is 0 Å². The molecule has 0 radical (unpaired) electrons. The van der Waals surface area contributed by atoms with Crippen LogP contribution in [0.1, 0.15) is 38.8 Å². The molecule has 0 amide bonds. The molecule has 3 heteroatoms. The number of rotatable bonds is 4. The summed E-state index contributed by atoms with van der Waals surface area (Å²) in [4.78, 5) is 2.49. The summed E-state index contributed by atoms with van der Waals surface area (Å²) in [6.45, 7) is 9.42. The average Bonchev–Trinajstić information content (AvgIpc) is 2.38. The number of nitrogens with two attached hydrogens (primary N) is 1. The molecule has 0 spiro atoms. The van der Waals surface area contributed by atoms with Crippen molar-refractivity contribution < 1.29 is 4.74 Å². The molecule has 2 rings (SSSR count). The van der Waals surface area contributed by atoms with Gasteiger partial charge in [-0.15, -0.1) is 0 Å². The summed E-state index contributed by atoms with van der Waals surface area (Å²) >= 11 is 0. The van der Waals surface area contributed by atoms with Gasteiger partial charge in [0.15, 0.2) is 0 Å². The molecule has 1 aliphatic heterocycles. The molecule has 3 nitrogen and oxygen atoms in total. The topological polar surface area (TPSA) is 38.5 Å². The molecular weight excluding hydrogens is 236 g/mol. The van der Waals surface area contributed by atoms with Gasteiger partial charge in [0.25, 0.3) is 0 Å². The molecule has 3 unspecified atom stereocenters. The minimum absolute atomic E-state index is 0.314. The number of likely N-dealkylation sites (tertiary alicyclic amines) is 1. The van der Waals surface area contributed by atoms with E-state index in [0.29, 0.717) is 24.6 Å². The molecule has 1 aliphatic rings. The Hall–Kier alpha value is -1.06. The van der Waals surface area contributed by atoms with Crippen molar-refractivity contribution in [2.45, 2.75) is 39.3 Å². The fraction of sp³-hybridized carbons (Fsp3) is 0.625. The maximum atomic E-state index is 6.13. The molecule has 1 fully saturated rings. The zero-order valence-electron chi connectivity index (χ0n) is 12.3. The van der Waals surface area contributed by atoms with Crippen molar-refractivity contribution in [2.24, 2.45) is 11.7 Å². The maximum absolute atomic E-state index is 6.13. The maximum Gasteiger partial charge on any atom is 0.119 e. The Bertz CT molecular complexity index is 380. The zero-order chi connectivity index (χ0) is 13.8. The van der Waals surface area contributed by atoms with Crippen LogP contribution in [0.3, 0.4) is 0 Å².